The van der Waals surface area contributed by atoms with E-state index in [1.165, 1.54) is 39.0 Å². The van der Waals surface area contributed by atoms with E-state index in [9.17, 15) is 0 Å². The average molecular weight is 263 g/mol. The van der Waals surface area contributed by atoms with Crippen LogP contribution in [0.5, 0.6) is 0 Å². The van der Waals surface area contributed by atoms with E-state index in [1.54, 1.807) is 0 Å². The zero-order chi connectivity index (χ0) is 14.3. The van der Waals surface area contributed by atoms with Crippen molar-refractivity contribution < 1.29 is 0 Å². The quantitative estimate of drug-likeness (QED) is 0.743. The number of allylic oxidation sites excluding steroid dienone is 1. The fourth-order valence-corrected chi connectivity index (χ4v) is 3.28. The highest BCUT2D eigenvalue weighted by Gasteiger charge is 2.16. The lowest BCUT2D eigenvalue weighted by atomic mass is 9.96. The largest absolute Gasteiger partial charge is 0.399 e. The molecule has 0 unspecified atom stereocenters. The Bertz CT molecular complexity index is 685. The van der Waals surface area contributed by atoms with Crippen LogP contribution in [0.1, 0.15) is 39.8 Å². The third kappa shape index (κ3) is 2.24. The smallest absolute Gasteiger partial charge is 0.0317 e. The Morgan fingerprint density at radius 2 is 1.65 bits per heavy atom. The first kappa shape index (κ1) is 13.0. The van der Waals surface area contributed by atoms with Crippen molar-refractivity contribution in [2.24, 2.45) is 0 Å². The molecule has 2 N–H and O–H groups in total. The SMILES string of the molecule is Cc1cc(C)c(C=C2CCc3cc(N)ccc32)c(C)c1. The van der Waals surface area contributed by atoms with E-state index in [2.05, 4.69) is 51.1 Å². The van der Waals surface area contributed by atoms with Gasteiger partial charge in [0.25, 0.3) is 0 Å². The molecule has 0 bridgehead atoms. The molecule has 0 saturated carbocycles. The van der Waals surface area contributed by atoms with Crippen LogP contribution in [-0.2, 0) is 6.42 Å². The topological polar surface area (TPSA) is 26.0 Å². The van der Waals surface area contributed by atoms with E-state index >= 15 is 0 Å². The summed E-state index contributed by atoms with van der Waals surface area (Å²) in [5, 5.41) is 0. The number of rotatable bonds is 1. The molecule has 0 heterocycles. The van der Waals surface area contributed by atoms with Gasteiger partial charge in [-0.05, 0) is 79.1 Å². The molecule has 1 nitrogen and oxygen atoms in total. The Kier molecular flexibility index (Phi) is 3.13. The lowest BCUT2D eigenvalue weighted by Crippen LogP contribution is -1.90. The lowest BCUT2D eigenvalue weighted by molar-refractivity contribution is 1.08. The Balaban J connectivity index is 2.08. The van der Waals surface area contributed by atoms with Gasteiger partial charge in [-0.15, -0.1) is 0 Å². The third-order valence-corrected chi connectivity index (χ3v) is 4.20. The molecule has 0 spiro atoms. The van der Waals surface area contributed by atoms with Crippen LogP contribution in [0.3, 0.4) is 0 Å². The molecule has 0 aromatic heterocycles. The van der Waals surface area contributed by atoms with E-state index in [-0.39, 0.29) is 0 Å². The molecule has 102 valence electrons. The van der Waals surface area contributed by atoms with Crippen molar-refractivity contribution in [2.75, 3.05) is 5.73 Å². The van der Waals surface area contributed by atoms with Crippen molar-refractivity contribution in [1.82, 2.24) is 0 Å². The predicted molar refractivity (Wildman–Crippen MR) is 87.7 cm³/mol. The highest BCUT2D eigenvalue weighted by molar-refractivity contribution is 5.87. The number of nitrogens with two attached hydrogens (primary N) is 1. The first-order valence-corrected chi connectivity index (χ1v) is 7.22. The van der Waals surface area contributed by atoms with Gasteiger partial charge in [0.2, 0.25) is 0 Å². The van der Waals surface area contributed by atoms with Crippen LogP contribution >= 0.6 is 0 Å². The fraction of sp³-hybridized carbons (Fsp3) is 0.263. The summed E-state index contributed by atoms with van der Waals surface area (Å²) in [6.45, 7) is 6.56. The maximum atomic E-state index is 5.87. The molecule has 0 amide bonds. The predicted octanol–water partition coefficient (Wildman–Crippen LogP) is 4.68. The van der Waals surface area contributed by atoms with Gasteiger partial charge in [0.05, 0.1) is 0 Å². The van der Waals surface area contributed by atoms with Gasteiger partial charge in [-0.3, -0.25) is 0 Å². The number of anilines is 1. The summed E-state index contributed by atoms with van der Waals surface area (Å²) < 4.78 is 0. The molecule has 0 saturated heterocycles. The third-order valence-electron chi connectivity index (χ3n) is 4.20. The van der Waals surface area contributed by atoms with Gasteiger partial charge in [0, 0.05) is 5.69 Å². The van der Waals surface area contributed by atoms with E-state index in [1.807, 2.05) is 6.07 Å². The molecular formula is C19H21N. The summed E-state index contributed by atoms with van der Waals surface area (Å²) in [6, 6.07) is 10.8. The molecule has 20 heavy (non-hydrogen) atoms. The minimum Gasteiger partial charge on any atom is -0.399 e. The van der Waals surface area contributed by atoms with Gasteiger partial charge >= 0.3 is 0 Å². The number of nitrogen functional groups attached to an aromatic ring is 1. The highest BCUT2D eigenvalue weighted by Crippen LogP contribution is 2.35. The second-order valence-electron chi connectivity index (χ2n) is 5.90. The zero-order valence-corrected chi connectivity index (χ0v) is 12.5. The van der Waals surface area contributed by atoms with Gasteiger partial charge in [0.15, 0.2) is 0 Å². The molecule has 0 radical (unpaired) electrons. The maximum Gasteiger partial charge on any atom is 0.0317 e. The molecule has 1 heteroatoms. The van der Waals surface area contributed by atoms with Crippen molar-refractivity contribution >= 4 is 17.3 Å². The molecule has 1 aliphatic rings. The number of hydrogen-bond donors (Lipinski definition) is 1. The van der Waals surface area contributed by atoms with Crippen LogP contribution in [0.2, 0.25) is 0 Å². The van der Waals surface area contributed by atoms with E-state index in [0.29, 0.717) is 0 Å². The molecule has 2 aromatic rings. The van der Waals surface area contributed by atoms with Gasteiger partial charge in [0.1, 0.15) is 0 Å². The van der Waals surface area contributed by atoms with Crippen LogP contribution in [0.25, 0.3) is 11.6 Å². The van der Waals surface area contributed by atoms with Gasteiger partial charge in [-0.2, -0.15) is 0 Å². The van der Waals surface area contributed by atoms with Gasteiger partial charge in [-0.1, -0.05) is 29.8 Å². The minimum absolute atomic E-state index is 0.868. The van der Waals surface area contributed by atoms with E-state index < -0.39 is 0 Å². The van der Waals surface area contributed by atoms with Crippen LogP contribution in [0.15, 0.2) is 30.3 Å². The summed E-state index contributed by atoms with van der Waals surface area (Å²) >= 11 is 0. The Morgan fingerprint density at radius 1 is 0.950 bits per heavy atom. The summed E-state index contributed by atoms with van der Waals surface area (Å²) in [5.74, 6) is 0. The average Bonchev–Trinajstić information content (AvgIpc) is 2.76. The summed E-state index contributed by atoms with van der Waals surface area (Å²) in [7, 11) is 0. The van der Waals surface area contributed by atoms with Crippen LogP contribution in [0, 0.1) is 20.8 Å². The molecule has 0 fully saturated rings. The number of fused-ring (bicyclic) bond motifs is 1. The molecule has 3 rings (SSSR count). The van der Waals surface area contributed by atoms with Crippen molar-refractivity contribution in [3.63, 3.8) is 0 Å². The van der Waals surface area contributed by atoms with Crippen LogP contribution < -0.4 is 5.73 Å². The van der Waals surface area contributed by atoms with E-state index in [0.717, 1.165) is 18.5 Å². The molecule has 0 atom stereocenters. The molecule has 1 aliphatic carbocycles. The maximum absolute atomic E-state index is 5.87. The van der Waals surface area contributed by atoms with Gasteiger partial charge < -0.3 is 5.73 Å². The monoisotopic (exact) mass is 263 g/mol. The summed E-state index contributed by atoms with van der Waals surface area (Å²) in [5.41, 5.74) is 16.4. The van der Waals surface area contributed by atoms with Crippen LogP contribution in [0.4, 0.5) is 5.69 Å². The first-order chi connectivity index (χ1) is 9.54. The first-order valence-electron chi connectivity index (χ1n) is 7.22. The zero-order valence-electron chi connectivity index (χ0n) is 12.5. The summed E-state index contributed by atoms with van der Waals surface area (Å²) in [6.07, 6.45) is 4.59. The van der Waals surface area contributed by atoms with Crippen LogP contribution in [-0.4, -0.2) is 0 Å². The molecular weight excluding hydrogens is 242 g/mol. The normalized spacial score (nSPS) is 15.7. The highest BCUT2D eigenvalue weighted by atomic mass is 14.5. The van der Waals surface area contributed by atoms with Crippen molar-refractivity contribution in [3.8, 4) is 0 Å². The number of benzene rings is 2. The molecule has 2 aromatic carbocycles. The fourth-order valence-electron chi connectivity index (χ4n) is 3.28. The standard InChI is InChI=1S/C19H21N/c1-12-8-13(2)19(14(3)9-12)11-16-5-4-15-10-17(20)6-7-18(15)16/h6-11H,4-5,20H2,1-3H3. The van der Waals surface area contributed by atoms with Crippen molar-refractivity contribution in [3.05, 3.63) is 63.7 Å². The Morgan fingerprint density at radius 3 is 2.35 bits per heavy atom. The van der Waals surface area contributed by atoms with Gasteiger partial charge in [-0.25, -0.2) is 0 Å². The number of hydrogen-bond acceptors (Lipinski definition) is 1. The molecule has 0 aliphatic heterocycles. The summed E-state index contributed by atoms with van der Waals surface area (Å²) in [4.78, 5) is 0. The minimum atomic E-state index is 0.868. The number of aryl methyl sites for hydroxylation is 4. The lowest BCUT2D eigenvalue weighted by Gasteiger charge is -2.09. The van der Waals surface area contributed by atoms with E-state index in [4.69, 9.17) is 5.73 Å². The Labute approximate surface area is 121 Å². The van der Waals surface area contributed by atoms with Crippen molar-refractivity contribution in [2.45, 2.75) is 33.6 Å². The second-order valence-corrected chi connectivity index (χ2v) is 5.90. The second kappa shape index (κ2) is 4.82. The van der Waals surface area contributed by atoms with Crippen molar-refractivity contribution in [1.29, 1.82) is 0 Å². The Hall–Kier alpha value is -2.02.